The molecule has 0 aliphatic carbocycles. The fraction of sp³-hybridized carbons (Fsp3) is 0.643. The van der Waals surface area contributed by atoms with Gasteiger partial charge in [-0.2, -0.15) is 0 Å². The molecule has 1 aliphatic rings. The minimum atomic E-state index is 0.233. The molecule has 0 bridgehead atoms. The van der Waals surface area contributed by atoms with Crippen molar-refractivity contribution in [2.75, 3.05) is 24.6 Å². The van der Waals surface area contributed by atoms with E-state index in [9.17, 15) is 5.11 Å². The molecule has 2 N–H and O–H groups in total. The van der Waals surface area contributed by atoms with E-state index < -0.39 is 0 Å². The predicted molar refractivity (Wildman–Crippen MR) is 73.8 cm³/mol. The summed E-state index contributed by atoms with van der Waals surface area (Å²) in [5.74, 6) is 1.07. The second-order valence-electron chi connectivity index (χ2n) is 4.90. The monoisotopic (exact) mass is 249 g/mol. The Balaban J connectivity index is 1.81. The van der Waals surface area contributed by atoms with E-state index in [1.54, 1.807) is 0 Å². The zero-order valence-electron chi connectivity index (χ0n) is 11.0. The summed E-state index contributed by atoms with van der Waals surface area (Å²) in [6.07, 6.45) is 5.07. The first-order chi connectivity index (χ1) is 8.83. The van der Waals surface area contributed by atoms with Gasteiger partial charge in [0.1, 0.15) is 5.82 Å². The Morgan fingerprint density at radius 1 is 1.44 bits per heavy atom. The number of hydrogen-bond acceptors (Lipinski definition) is 4. The van der Waals surface area contributed by atoms with E-state index in [1.165, 1.54) is 0 Å². The molecule has 1 aliphatic heterocycles. The van der Waals surface area contributed by atoms with Crippen LogP contribution in [-0.4, -0.2) is 41.9 Å². The van der Waals surface area contributed by atoms with Gasteiger partial charge in [-0.3, -0.25) is 0 Å². The lowest BCUT2D eigenvalue weighted by Gasteiger charge is -2.34. The highest BCUT2D eigenvalue weighted by Crippen LogP contribution is 2.17. The number of hydrogen-bond donors (Lipinski definition) is 2. The van der Waals surface area contributed by atoms with Crippen LogP contribution in [0, 0.1) is 0 Å². The molecule has 18 heavy (non-hydrogen) atoms. The predicted octanol–water partition coefficient (Wildman–Crippen LogP) is 1.41. The largest absolute Gasteiger partial charge is 0.395 e. The van der Waals surface area contributed by atoms with Crippen molar-refractivity contribution < 1.29 is 5.11 Å². The maximum absolute atomic E-state index is 9.20. The number of aliphatic hydroxyl groups excluding tert-OH is 1. The summed E-state index contributed by atoms with van der Waals surface area (Å²) < 4.78 is 0. The Kier molecular flexibility index (Phi) is 4.96. The van der Waals surface area contributed by atoms with Crippen LogP contribution in [0.4, 0.5) is 5.82 Å². The van der Waals surface area contributed by atoms with E-state index >= 15 is 0 Å². The Morgan fingerprint density at radius 2 is 2.22 bits per heavy atom. The molecule has 0 spiro atoms. The highest BCUT2D eigenvalue weighted by molar-refractivity contribution is 5.38. The van der Waals surface area contributed by atoms with E-state index in [1.807, 2.05) is 18.3 Å². The molecule has 2 rings (SSSR count). The van der Waals surface area contributed by atoms with Crippen LogP contribution in [0.1, 0.15) is 26.2 Å². The number of aromatic nitrogens is 1. The molecule has 1 unspecified atom stereocenters. The maximum Gasteiger partial charge on any atom is 0.128 e. The number of nitrogens with zero attached hydrogens (tertiary/aromatic N) is 2. The van der Waals surface area contributed by atoms with Crippen molar-refractivity contribution in [3.8, 4) is 0 Å². The van der Waals surface area contributed by atoms with Crippen LogP contribution in [0.25, 0.3) is 0 Å². The second kappa shape index (κ2) is 6.71. The molecule has 1 aromatic rings. The third kappa shape index (κ3) is 3.43. The van der Waals surface area contributed by atoms with Crippen LogP contribution in [0.5, 0.6) is 0 Å². The first kappa shape index (κ1) is 13.3. The summed E-state index contributed by atoms with van der Waals surface area (Å²) in [5, 5.41) is 12.7. The average Bonchev–Trinajstić information content (AvgIpc) is 2.46. The molecule has 100 valence electrons. The van der Waals surface area contributed by atoms with Gasteiger partial charge in [0.25, 0.3) is 0 Å². The van der Waals surface area contributed by atoms with Gasteiger partial charge in [0.05, 0.1) is 6.61 Å². The van der Waals surface area contributed by atoms with Crippen molar-refractivity contribution in [2.24, 2.45) is 0 Å². The van der Waals surface area contributed by atoms with Gasteiger partial charge < -0.3 is 15.3 Å². The highest BCUT2D eigenvalue weighted by atomic mass is 16.3. The van der Waals surface area contributed by atoms with Crippen LogP contribution in [0.2, 0.25) is 0 Å². The van der Waals surface area contributed by atoms with E-state index in [2.05, 4.69) is 28.2 Å². The Labute approximate surface area is 109 Å². The second-order valence-corrected chi connectivity index (χ2v) is 4.90. The minimum absolute atomic E-state index is 0.233. The van der Waals surface area contributed by atoms with Crippen molar-refractivity contribution in [1.82, 2.24) is 10.3 Å². The molecule has 0 aromatic carbocycles. The Bertz CT molecular complexity index is 332. The third-order valence-electron chi connectivity index (χ3n) is 3.65. The van der Waals surface area contributed by atoms with Crippen LogP contribution in [0.15, 0.2) is 24.4 Å². The van der Waals surface area contributed by atoms with Crippen molar-refractivity contribution in [2.45, 2.75) is 38.3 Å². The summed E-state index contributed by atoms with van der Waals surface area (Å²) >= 11 is 0. The Morgan fingerprint density at radius 3 is 2.78 bits per heavy atom. The molecule has 2 heterocycles. The average molecular weight is 249 g/mol. The van der Waals surface area contributed by atoms with Gasteiger partial charge in [-0.05, 0) is 31.4 Å². The molecule has 1 atom stereocenters. The van der Waals surface area contributed by atoms with Crippen molar-refractivity contribution >= 4 is 5.82 Å². The number of aliphatic hydroxyl groups is 1. The van der Waals surface area contributed by atoms with Gasteiger partial charge in [-0.25, -0.2) is 4.98 Å². The zero-order chi connectivity index (χ0) is 12.8. The highest BCUT2D eigenvalue weighted by Gasteiger charge is 2.21. The van der Waals surface area contributed by atoms with E-state index in [-0.39, 0.29) is 12.6 Å². The summed E-state index contributed by atoms with van der Waals surface area (Å²) in [6.45, 7) is 4.42. The molecule has 4 nitrogen and oxygen atoms in total. The molecule has 4 heteroatoms. The zero-order valence-corrected chi connectivity index (χ0v) is 11.0. The summed E-state index contributed by atoms with van der Waals surface area (Å²) in [5.41, 5.74) is 0. The number of nitrogens with one attached hydrogen (secondary N) is 1. The topological polar surface area (TPSA) is 48.4 Å². The molecule has 0 amide bonds. The first-order valence-electron chi connectivity index (χ1n) is 6.86. The van der Waals surface area contributed by atoms with Crippen LogP contribution in [0.3, 0.4) is 0 Å². The lowest BCUT2D eigenvalue weighted by atomic mass is 10.0. The van der Waals surface area contributed by atoms with Crippen molar-refractivity contribution in [1.29, 1.82) is 0 Å². The van der Waals surface area contributed by atoms with Gasteiger partial charge in [0.15, 0.2) is 0 Å². The van der Waals surface area contributed by atoms with Crippen LogP contribution in [-0.2, 0) is 0 Å². The molecule has 1 fully saturated rings. The van der Waals surface area contributed by atoms with Gasteiger partial charge in [0, 0.05) is 31.4 Å². The van der Waals surface area contributed by atoms with Crippen LogP contribution < -0.4 is 10.2 Å². The molecular weight excluding hydrogens is 226 g/mol. The van der Waals surface area contributed by atoms with Crippen molar-refractivity contribution in [3.63, 3.8) is 0 Å². The molecule has 1 saturated heterocycles. The van der Waals surface area contributed by atoms with E-state index in [4.69, 9.17) is 0 Å². The van der Waals surface area contributed by atoms with Gasteiger partial charge in [-0.15, -0.1) is 0 Å². The SMILES string of the molecule is CCC(CO)NC1CCN(c2ccccn2)CC1. The van der Waals surface area contributed by atoms with Gasteiger partial charge >= 0.3 is 0 Å². The van der Waals surface area contributed by atoms with E-state index in [0.29, 0.717) is 6.04 Å². The summed E-state index contributed by atoms with van der Waals surface area (Å²) in [4.78, 5) is 6.72. The molecule has 0 radical (unpaired) electrons. The number of piperidine rings is 1. The quantitative estimate of drug-likeness (QED) is 0.828. The van der Waals surface area contributed by atoms with E-state index in [0.717, 1.165) is 38.2 Å². The summed E-state index contributed by atoms with van der Waals surface area (Å²) in [7, 11) is 0. The van der Waals surface area contributed by atoms with Crippen molar-refractivity contribution in [3.05, 3.63) is 24.4 Å². The molecular formula is C14H23N3O. The third-order valence-corrected chi connectivity index (χ3v) is 3.65. The Hall–Kier alpha value is -1.13. The first-order valence-corrected chi connectivity index (χ1v) is 6.86. The minimum Gasteiger partial charge on any atom is -0.395 e. The smallest absolute Gasteiger partial charge is 0.128 e. The van der Waals surface area contributed by atoms with Gasteiger partial charge in [-0.1, -0.05) is 13.0 Å². The summed E-state index contributed by atoms with van der Waals surface area (Å²) in [6, 6.07) is 6.82. The lowest BCUT2D eigenvalue weighted by molar-refractivity contribution is 0.220. The lowest BCUT2D eigenvalue weighted by Crippen LogP contribution is -2.47. The maximum atomic E-state index is 9.20. The normalized spacial score (nSPS) is 18.9. The number of pyridine rings is 1. The standard InChI is InChI=1S/C14H23N3O/c1-2-12(11-18)16-13-6-9-17(10-7-13)14-5-3-4-8-15-14/h3-5,8,12-13,16,18H,2,6-7,9-11H2,1H3. The fourth-order valence-corrected chi connectivity index (χ4v) is 2.45. The van der Waals surface area contributed by atoms with Crippen LogP contribution >= 0.6 is 0 Å². The molecule has 1 aromatic heterocycles. The van der Waals surface area contributed by atoms with Gasteiger partial charge in [0.2, 0.25) is 0 Å². The number of anilines is 1. The fourth-order valence-electron chi connectivity index (χ4n) is 2.45. The molecule has 0 saturated carbocycles. The number of rotatable bonds is 5.